The SMILES string of the molecule is CC(C)C(C1CC1)N1C(=O)C=CC1=O. The van der Waals surface area contributed by atoms with Crippen LogP contribution in [0.4, 0.5) is 0 Å². The number of imide groups is 1. The fourth-order valence-corrected chi connectivity index (χ4v) is 2.20. The molecule has 0 bridgehead atoms. The standard InChI is InChI=1S/C11H15NO2/c1-7(2)11(8-3-4-8)12-9(13)5-6-10(12)14/h5-8,11H,3-4H2,1-2H3. The van der Waals surface area contributed by atoms with Crippen molar-refractivity contribution in [3.63, 3.8) is 0 Å². The molecule has 0 saturated heterocycles. The van der Waals surface area contributed by atoms with Crippen LogP contribution in [0.3, 0.4) is 0 Å². The monoisotopic (exact) mass is 193 g/mol. The van der Waals surface area contributed by atoms with Crippen LogP contribution < -0.4 is 0 Å². The summed E-state index contributed by atoms with van der Waals surface area (Å²) in [4.78, 5) is 24.4. The first-order valence-corrected chi connectivity index (χ1v) is 5.16. The average Bonchev–Trinajstić information content (AvgIpc) is 2.87. The van der Waals surface area contributed by atoms with E-state index in [1.165, 1.54) is 17.1 Å². The predicted octanol–water partition coefficient (Wildman–Crippen LogP) is 1.35. The Balaban J connectivity index is 2.18. The van der Waals surface area contributed by atoms with Gasteiger partial charge in [-0.05, 0) is 24.7 Å². The van der Waals surface area contributed by atoms with Gasteiger partial charge < -0.3 is 0 Å². The zero-order chi connectivity index (χ0) is 10.3. The van der Waals surface area contributed by atoms with Gasteiger partial charge in [0.1, 0.15) is 0 Å². The largest absolute Gasteiger partial charge is 0.272 e. The zero-order valence-corrected chi connectivity index (χ0v) is 8.56. The molecule has 1 fully saturated rings. The molecule has 0 aromatic carbocycles. The van der Waals surface area contributed by atoms with E-state index in [2.05, 4.69) is 13.8 Å². The molecule has 1 atom stereocenters. The number of hydrogen-bond donors (Lipinski definition) is 0. The molecule has 2 aliphatic rings. The predicted molar refractivity (Wildman–Crippen MR) is 52.3 cm³/mol. The molecule has 2 amide bonds. The van der Waals surface area contributed by atoms with Gasteiger partial charge in [0.2, 0.25) is 0 Å². The van der Waals surface area contributed by atoms with E-state index in [4.69, 9.17) is 0 Å². The third-order valence-electron chi connectivity index (χ3n) is 2.93. The maximum Gasteiger partial charge on any atom is 0.253 e. The molecule has 3 nitrogen and oxygen atoms in total. The molecule has 1 saturated carbocycles. The summed E-state index contributed by atoms with van der Waals surface area (Å²) < 4.78 is 0. The Hall–Kier alpha value is -1.12. The van der Waals surface area contributed by atoms with Crippen LogP contribution >= 0.6 is 0 Å². The highest BCUT2D eigenvalue weighted by atomic mass is 16.2. The second kappa shape index (κ2) is 3.23. The normalized spacial score (nSPS) is 23.8. The van der Waals surface area contributed by atoms with Gasteiger partial charge in [-0.15, -0.1) is 0 Å². The number of carbonyl (C=O) groups excluding carboxylic acids is 2. The van der Waals surface area contributed by atoms with E-state index in [0.29, 0.717) is 11.8 Å². The molecule has 0 aromatic heterocycles. The summed E-state index contributed by atoms with van der Waals surface area (Å²) in [5.74, 6) is 0.624. The van der Waals surface area contributed by atoms with Gasteiger partial charge >= 0.3 is 0 Å². The summed E-state index contributed by atoms with van der Waals surface area (Å²) in [6.07, 6.45) is 5.06. The highest BCUT2D eigenvalue weighted by Gasteiger charge is 2.42. The summed E-state index contributed by atoms with van der Waals surface area (Å²) >= 11 is 0. The van der Waals surface area contributed by atoms with Crippen LogP contribution in [0.1, 0.15) is 26.7 Å². The number of carbonyl (C=O) groups is 2. The Kier molecular flexibility index (Phi) is 2.17. The van der Waals surface area contributed by atoms with Crippen molar-refractivity contribution in [1.29, 1.82) is 0 Å². The van der Waals surface area contributed by atoms with Crippen LogP contribution in [-0.2, 0) is 9.59 Å². The van der Waals surface area contributed by atoms with Gasteiger partial charge in [0.15, 0.2) is 0 Å². The van der Waals surface area contributed by atoms with Gasteiger partial charge in [-0.25, -0.2) is 0 Å². The van der Waals surface area contributed by atoms with Crippen LogP contribution in [0, 0.1) is 11.8 Å². The first-order chi connectivity index (χ1) is 6.61. The third kappa shape index (κ3) is 1.47. The molecule has 1 unspecified atom stereocenters. The molecule has 0 N–H and O–H groups in total. The summed E-state index contributed by atoms with van der Waals surface area (Å²) in [5.41, 5.74) is 0. The molecule has 1 aliphatic heterocycles. The van der Waals surface area contributed by atoms with Crippen molar-refractivity contribution in [3.05, 3.63) is 12.2 Å². The molecule has 1 aliphatic carbocycles. The number of rotatable bonds is 3. The van der Waals surface area contributed by atoms with Gasteiger partial charge in [0, 0.05) is 18.2 Å². The van der Waals surface area contributed by atoms with Crippen LogP contribution in [-0.4, -0.2) is 22.8 Å². The molecule has 14 heavy (non-hydrogen) atoms. The fourth-order valence-electron chi connectivity index (χ4n) is 2.20. The molecule has 3 heteroatoms. The van der Waals surface area contributed by atoms with Crippen molar-refractivity contribution < 1.29 is 9.59 Å². The Bertz CT molecular complexity index is 282. The number of nitrogens with zero attached hydrogens (tertiary/aromatic N) is 1. The quantitative estimate of drug-likeness (QED) is 0.634. The second-order valence-corrected chi connectivity index (χ2v) is 4.45. The van der Waals surface area contributed by atoms with Crippen LogP contribution in [0.15, 0.2) is 12.2 Å². The van der Waals surface area contributed by atoms with Crippen LogP contribution in [0.25, 0.3) is 0 Å². The van der Waals surface area contributed by atoms with E-state index in [9.17, 15) is 9.59 Å². The molecule has 0 spiro atoms. The van der Waals surface area contributed by atoms with Gasteiger partial charge in [0.25, 0.3) is 11.8 Å². The fraction of sp³-hybridized carbons (Fsp3) is 0.636. The lowest BCUT2D eigenvalue weighted by Gasteiger charge is -2.29. The summed E-state index contributed by atoms with van der Waals surface area (Å²) in [5, 5.41) is 0. The maximum absolute atomic E-state index is 11.5. The minimum absolute atomic E-state index is 0.116. The molecular weight excluding hydrogens is 178 g/mol. The molecule has 2 rings (SSSR count). The van der Waals surface area contributed by atoms with E-state index in [-0.39, 0.29) is 17.9 Å². The van der Waals surface area contributed by atoms with E-state index in [1.54, 1.807) is 0 Å². The first-order valence-electron chi connectivity index (χ1n) is 5.16. The lowest BCUT2D eigenvalue weighted by Crippen LogP contribution is -2.44. The van der Waals surface area contributed by atoms with Crippen molar-refractivity contribution in [2.75, 3.05) is 0 Å². The smallest absolute Gasteiger partial charge is 0.253 e. The van der Waals surface area contributed by atoms with Gasteiger partial charge in [-0.2, -0.15) is 0 Å². The van der Waals surface area contributed by atoms with E-state index in [0.717, 1.165) is 12.8 Å². The molecule has 76 valence electrons. The second-order valence-electron chi connectivity index (χ2n) is 4.45. The number of amides is 2. The maximum atomic E-state index is 11.5. The Morgan fingerprint density at radius 2 is 1.71 bits per heavy atom. The van der Waals surface area contributed by atoms with Crippen molar-refractivity contribution >= 4 is 11.8 Å². The molecular formula is C11H15NO2. The zero-order valence-electron chi connectivity index (χ0n) is 8.56. The Morgan fingerprint density at radius 3 is 2.07 bits per heavy atom. The lowest BCUT2D eigenvalue weighted by molar-refractivity contribution is -0.141. The van der Waals surface area contributed by atoms with Crippen LogP contribution in [0.2, 0.25) is 0 Å². The summed E-state index contributed by atoms with van der Waals surface area (Å²) in [6.45, 7) is 4.14. The van der Waals surface area contributed by atoms with Gasteiger partial charge in [-0.1, -0.05) is 13.8 Å². The average molecular weight is 193 g/mol. The molecule has 1 heterocycles. The van der Waals surface area contributed by atoms with Crippen molar-refractivity contribution in [3.8, 4) is 0 Å². The topological polar surface area (TPSA) is 37.4 Å². The van der Waals surface area contributed by atoms with E-state index in [1.807, 2.05) is 0 Å². The van der Waals surface area contributed by atoms with Crippen molar-refractivity contribution in [2.24, 2.45) is 11.8 Å². The third-order valence-corrected chi connectivity index (χ3v) is 2.93. The molecule has 0 aromatic rings. The highest BCUT2D eigenvalue weighted by molar-refractivity contribution is 6.13. The lowest BCUT2D eigenvalue weighted by atomic mass is 9.98. The van der Waals surface area contributed by atoms with Crippen molar-refractivity contribution in [2.45, 2.75) is 32.7 Å². The Labute approximate surface area is 83.8 Å². The van der Waals surface area contributed by atoms with E-state index >= 15 is 0 Å². The number of hydrogen-bond acceptors (Lipinski definition) is 2. The minimum atomic E-state index is -0.138. The highest BCUT2D eigenvalue weighted by Crippen LogP contribution is 2.39. The van der Waals surface area contributed by atoms with Crippen LogP contribution in [0.5, 0.6) is 0 Å². The minimum Gasteiger partial charge on any atom is -0.272 e. The van der Waals surface area contributed by atoms with Gasteiger partial charge in [-0.3, -0.25) is 14.5 Å². The molecule has 0 radical (unpaired) electrons. The summed E-state index contributed by atoms with van der Waals surface area (Å²) in [6, 6.07) is 0.116. The van der Waals surface area contributed by atoms with E-state index < -0.39 is 0 Å². The summed E-state index contributed by atoms with van der Waals surface area (Å²) in [7, 11) is 0. The first kappa shape index (κ1) is 9.44. The van der Waals surface area contributed by atoms with Crippen molar-refractivity contribution in [1.82, 2.24) is 4.90 Å². The Morgan fingerprint density at radius 1 is 1.21 bits per heavy atom. The van der Waals surface area contributed by atoms with Gasteiger partial charge in [0.05, 0.1) is 0 Å².